The monoisotopic (exact) mass is 455 g/mol. The Labute approximate surface area is 157 Å². The summed E-state index contributed by atoms with van der Waals surface area (Å²) in [6, 6.07) is 0. The molecule has 1 N–H and O–H groups in total. The Balaban J connectivity index is 0.00000192. The highest BCUT2D eigenvalue weighted by Gasteiger charge is 2.49. The van der Waals surface area contributed by atoms with Gasteiger partial charge in [0.25, 0.3) is 0 Å². The van der Waals surface area contributed by atoms with Crippen molar-refractivity contribution in [3.05, 3.63) is 0 Å². The Morgan fingerprint density at radius 1 is 1.30 bits per heavy atom. The van der Waals surface area contributed by atoms with Gasteiger partial charge in [-0.05, 0) is 50.9 Å². The molecule has 7 heteroatoms. The molecule has 3 rings (SSSR count). The molecular weight excluding hydrogens is 425 g/mol. The molecule has 0 aromatic carbocycles. The van der Waals surface area contributed by atoms with Crippen LogP contribution in [0.15, 0.2) is 4.99 Å². The fourth-order valence-electron chi connectivity index (χ4n) is 3.97. The van der Waals surface area contributed by atoms with Crippen molar-refractivity contribution in [3.8, 4) is 0 Å². The van der Waals surface area contributed by atoms with Crippen molar-refractivity contribution in [2.24, 2.45) is 16.3 Å². The fraction of sp³-hybridized carbons (Fsp3) is 0.938. The molecule has 1 saturated heterocycles. The van der Waals surface area contributed by atoms with Crippen molar-refractivity contribution in [1.82, 2.24) is 10.2 Å². The zero-order valence-corrected chi connectivity index (χ0v) is 17.6. The van der Waals surface area contributed by atoms with Crippen molar-refractivity contribution >= 4 is 39.8 Å². The molecule has 0 aromatic rings. The normalized spacial score (nSPS) is 28.5. The molecule has 1 aliphatic heterocycles. The number of sulfone groups is 1. The highest BCUT2D eigenvalue weighted by Crippen LogP contribution is 2.56. The largest absolute Gasteiger partial charge is 0.356 e. The van der Waals surface area contributed by atoms with Gasteiger partial charge in [-0.2, -0.15) is 0 Å². The number of nitrogens with one attached hydrogen (secondary N) is 1. The van der Waals surface area contributed by atoms with Gasteiger partial charge in [-0.1, -0.05) is 6.42 Å². The lowest BCUT2D eigenvalue weighted by atomic mass is 9.65. The number of rotatable bonds is 3. The van der Waals surface area contributed by atoms with Gasteiger partial charge in [0.2, 0.25) is 0 Å². The number of guanidine groups is 1. The second kappa shape index (κ2) is 6.69. The summed E-state index contributed by atoms with van der Waals surface area (Å²) in [6.45, 7) is 5.69. The molecule has 1 heterocycles. The third-order valence-electron chi connectivity index (χ3n) is 5.95. The highest BCUT2D eigenvalue weighted by atomic mass is 127. The van der Waals surface area contributed by atoms with Crippen LogP contribution in [0.5, 0.6) is 0 Å². The van der Waals surface area contributed by atoms with Crippen LogP contribution in [0, 0.1) is 11.3 Å². The summed E-state index contributed by atoms with van der Waals surface area (Å²) >= 11 is 0. The Bertz CT molecular complexity index is 566. The van der Waals surface area contributed by atoms with Crippen molar-refractivity contribution in [2.75, 3.05) is 32.4 Å². The Morgan fingerprint density at radius 2 is 1.96 bits per heavy atom. The van der Waals surface area contributed by atoms with Crippen LogP contribution in [-0.2, 0) is 9.84 Å². The average Bonchev–Trinajstić information content (AvgIpc) is 3.21. The summed E-state index contributed by atoms with van der Waals surface area (Å²) < 4.78 is 23.6. The zero-order chi connectivity index (χ0) is 16.0. The maximum absolute atomic E-state index is 12.1. The maximum atomic E-state index is 12.1. The lowest BCUT2D eigenvalue weighted by molar-refractivity contribution is 0.104. The molecule has 3 aliphatic rings. The number of hydrogen-bond acceptors (Lipinski definition) is 3. The molecule has 23 heavy (non-hydrogen) atoms. The molecule has 0 spiro atoms. The molecular formula is C16H30IN3O2S. The van der Waals surface area contributed by atoms with E-state index in [4.69, 9.17) is 0 Å². The van der Waals surface area contributed by atoms with Gasteiger partial charge in [0.05, 0.1) is 10.5 Å². The Kier molecular flexibility index (Phi) is 5.61. The van der Waals surface area contributed by atoms with E-state index in [1.54, 1.807) is 7.05 Å². The quantitative estimate of drug-likeness (QED) is 0.403. The first-order valence-electron chi connectivity index (χ1n) is 8.48. The maximum Gasteiger partial charge on any atom is 0.193 e. The van der Waals surface area contributed by atoms with Crippen LogP contribution in [-0.4, -0.2) is 56.5 Å². The molecule has 0 unspecified atom stereocenters. The number of halogens is 1. The number of nitrogens with zero attached hydrogens (tertiary/aromatic N) is 2. The van der Waals surface area contributed by atoms with Crippen molar-refractivity contribution in [1.29, 1.82) is 0 Å². The molecule has 0 bridgehead atoms. The van der Waals surface area contributed by atoms with Crippen molar-refractivity contribution < 1.29 is 8.42 Å². The van der Waals surface area contributed by atoms with E-state index >= 15 is 0 Å². The summed E-state index contributed by atoms with van der Waals surface area (Å²) in [4.78, 5) is 6.51. The third kappa shape index (κ3) is 3.65. The van der Waals surface area contributed by atoms with Crippen LogP contribution in [0.25, 0.3) is 0 Å². The molecule has 0 radical (unpaired) electrons. The first-order valence-corrected chi connectivity index (χ1v) is 10.1. The SMILES string of the molecule is CN=C(NCC1(C2CC2)CCC1)N1CCS(=O)(=O)C(C)(C)C1.I. The van der Waals surface area contributed by atoms with Crippen LogP contribution < -0.4 is 5.32 Å². The predicted molar refractivity (Wildman–Crippen MR) is 105 cm³/mol. The second-order valence-corrected chi connectivity index (χ2v) is 10.6. The van der Waals surface area contributed by atoms with Crippen LogP contribution in [0.3, 0.4) is 0 Å². The topological polar surface area (TPSA) is 61.8 Å². The first-order chi connectivity index (χ1) is 10.3. The van der Waals surface area contributed by atoms with E-state index in [1.165, 1.54) is 32.1 Å². The van der Waals surface area contributed by atoms with Gasteiger partial charge in [0.1, 0.15) is 0 Å². The van der Waals surface area contributed by atoms with Gasteiger partial charge >= 0.3 is 0 Å². The summed E-state index contributed by atoms with van der Waals surface area (Å²) in [5, 5.41) is 3.55. The van der Waals surface area contributed by atoms with E-state index in [0.29, 0.717) is 18.5 Å². The van der Waals surface area contributed by atoms with E-state index in [1.807, 2.05) is 13.8 Å². The minimum Gasteiger partial charge on any atom is -0.356 e. The van der Waals surface area contributed by atoms with Gasteiger partial charge < -0.3 is 10.2 Å². The van der Waals surface area contributed by atoms with Gasteiger partial charge in [-0.15, -0.1) is 24.0 Å². The fourth-order valence-corrected chi connectivity index (χ4v) is 5.33. The van der Waals surface area contributed by atoms with Crippen LogP contribution in [0.4, 0.5) is 0 Å². The lowest BCUT2D eigenvalue weighted by Gasteiger charge is -2.44. The summed E-state index contributed by atoms with van der Waals surface area (Å²) in [5.41, 5.74) is 0.493. The molecule has 3 fully saturated rings. The highest BCUT2D eigenvalue weighted by molar-refractivity contribution is 14.0. The van der Waals surface area contributed by atoms with E-state index in [9.17, 15) is 8.42 Å². The van der Waals surface area contributed by atoms with Gasteiger partial charge in [-0.25, -0.2) is 8.42 Å². The molecule has 2 aliphatic carbocycles. The Morgan fingerprint density at radius 3 is 2.39 bits per heavy atom. The van der Waals surface area contributed by atoms with Crippen LogP contribution in [0.2, 0.25) is 0 Å². The van der Waals surface area contributed by atoms with Gasteiger partial charge in [0, 0.05) is 26.7 Å². The summed E-state index contributed by atoms with van der Waals surface area (Å²) in [6.07, 6.45) is 6.79. The lowest BCUT2D eigenvalue weighted by Crippen LogP contribution is -2.58. The summed E-state index contributed by atoms with van der Waals surface area (Å²) in [7, 11) is -1.21. The molecule has 134 valence electrons. The van der Waals surface area contributed by atoms with Gasteiger partial charge in [0.15, 0.2) is 15.8 Å². The zero-order valence-electron chi connectivity index (χ0n) is 14.5. The molecule has 0 amide bonds. The number of aliphatic imine (C=N–C) groups is 1. The van der Waals surface area contributed by atoms with Crippen molar-refractivity contribution in [2.45, 2.75) is 50.7 Å². The summed E-state index contributed by atoms with van der Waals surface area (Å²) in [5.74, 6) is 1.99. The van der Waals surface area contributed by atoms with Crippen LogP contribution >= 0.6 is 24.0 Å². The van der Waals surface area contributed by atoms with Gasteiger partial charge in [-0.3, -0.25) is 4.99 Å². The molecule has 0 aromatic heterocycles. The molecule has 2 saturated carbocycles. The average molecular weight is 455 g/mol. The minimum absolute atomic E-state index is 0. The Hall–Kier alpha value is -0.0500. The minimum atomic E-state index is -3.00. The van der Waals surface area contributed by atoms with E-state index < -0.39 is 14.6 Å². The smallest absolute Gasteiger partial charge is 0.193 e. The van der Waals surface area contributed by atoms with Crippen LogP contribution in [0.1, 0.15) is 46.0 Å². The third-order valence-corrected chi connectivity index (χ3v) is 8.48. The second-order valence-electron chi connectivity index (χ2n) is 7.89. The standard InChI is InChI=1S/C16H29N3O2S.HI/c1-15(2)12-19(9-10-22(15,20)21)14(17-3)18-11-16(7-4-8-16)13-5-6-13;/h13H,4-12H2,1-3H3,(H,17,18);1H. The van der Waals surface area contributed by atoms with E-state index in [2.05, 4.69) is 15.2 Å². The predicted octanol–water partition coefficient (Wildman–Crippen LogP) is 2.27. The number of hydrogen-bond donors (Lipinski definition) is 1. The van der Waals surface area contributed by atoms with E-state index in [-0.39, 0.29) is 29.7 Å². The van der Waals surface area contributed by atoms with Crippen molar-refractivity contribution in [3.63, 3.8) is 0 Å². The molecule has 5 nitrogen and oxygen atoms in total. The molecule has 0 atom stereocenters. The van der Waals surface area contributed by atoms with E-state index in [0.717, 1.165) is 18.4 Å². The first kappa shape index (κ1) is 19.3.